The Morgan fingerprint density at radius 1 is 0.950 bits per heavy atom. The van der Waals surface area contributed by atoms with Crippen molar-refractivity contribution in [1.29, 1.82) is 0 Å². The second-order valence-electron chi connectivity index (χ2n) is 5.39. The summed E-state index contributed by atoms with van der Waals surface area (Å²) in [7, 11) is 0. The highest BCUT2D eigenvalue weighted by Gasteiger charge is 2.30. The number of nitrogens with one attached hydrogen (secondary N) is 1. The number of rotatable bonds is 4. The monoisotopic (exact) mass is 305 g/mol. The number of benzene rings is 2. The summed E-state index contributed by atoms with van der Waals surface area (Å²) in [5.41, 5.74) is 2.56. The molecule has 0 radical (unpaired) electrons. The standard InChI is InChI=1S/C17H17Cl2N/c18-14-7-5-12(6-8-14)11-20-15-9-13(10-15)16-3-1-2-4-17(16)19/h1-8,13,15,20H,9-11H2. The van der Waals surface area contributed by atoms with Crippen molar-refractivity contribution in [3.05, 3.63) is 69.7 Å². The molecule has 0 atom stereocenters. The van der Waals surface area contributed by atoms with Crippen molar-refractivity contribution >= 4 is 23.2 Å². The second kappa shape index (κ2) is 6.17. The first kappa shape index (κ1) is 13.9. The van der Waals surface area contributed by atoms with Crippen molar-refractivity contribution in [2.24, 2.45) is 0 Å². The zero-order valence-electron chi connectivity index (χ0n) is 11.2. The molecular formula is C17H17Cl2N. The Morgan fingerprint density at radius 3 is 2.35 bits per heavy atom. The van der Waals surface area contributed by atoms with Gasteiger partial charge in [0.25, 0.3) is 0 Å². The third-order valence-corrected chi connectivity index (χ3v) is 4.59. The fourth-order valence-corrected chi connectivity index (χ4v) is 3.13. The Balaban J connectivity index is 1.49. The van der Waals surface area contributed by atoms with Gasteiger partial charge in [0.15, 0.2) is 0 Å². The van der Waals surface area contributed by atoms with Crippen LogP contribution in [-0.2, 0) is 6.54 Å². The summed E-state index contributed by atoms with van der Waals surface area (Å²) in [6.45, 7) is 0.900. The fourth-order valence-electron chi connectivity index (χ4n) is 2.71. The Kier molecular flexibility index (Phi) is 4.30. The first-order valence-corrected chi connectivity index (χ1v) is 7.70. The van der Waals surface area contributed by atoms with Gasteiger partial charge in [0.05, 0.1) is 0 Å². The van der Waals surface area contributed by atoms with Gasteiger partial charge in [0, 0.05) is 22.6 Å². The van der Waals surface area contributed by atoms with Crippen molar-refractivity contribution in [1.82, 2.24) is 5.32 Å². The SMILES string of the molecule is Clc1ccc(CNC2CC(c3ccccc3Cl)C2)cc1. The molecule has 0 unspecified atom stereocenters. The minimum absolute atomic E-state index is 0.590. The van der Waals surface area contributed by atoms with E-state index in [1.54, 1.807) is 0 Å². The molecule has 0 aromatic heterocycles. The van der Waals surface area contributed by atoms with Crippen molar-refractivity contribution in [3.63, 3.8) is 0 Å². The molecule has 0 aliphatic heterocycles. The molecule has 1 aliphatic carbocycles. The summed E-state index contributed by atoms with van der Waals surface area (Å²) in [5.74, 6) is 0.603. The maximum atomic E-state index is 6.23. The molecule has 0 amide bonds. The van der Waals surface area contributed by atoms with Crippen LogP contribution in [0.3, 0.4) is 0 Å². The predicted octanol–water partition coefficient (Wildman–Crippen LogP) is 5.03. The van der Waals surface area contributed by atoms with E-state index in [-0.39, 0.29) is 0 Å². The van der Waals surface area contributed by atoms with Gasteiger partial charge in [-0.05, 0) is 48.1 Å². The maximum Gasteiger partial charge on any atom is 0.0440 e. The van der Waals surface area contributed by atoms with E-state index in [9.17, 15) is 0 Å². The molecule has 1 N–H and O–H groups in total. The fraction of sp³-hybridized carbons (Fsp3) is 0.294. The van der Waals surface area contributed by atoms with Gasteiger partial charge < -0.3 is 5.32 Å². The predicted molar refractivity (Wildman–Crippen MR) is 85.5 cm³/mol. The van der Waals surface area contributed by atoms with Crippen LogP contribution in [0, 0.1) is 0 Å². The van der Waals surface area contributed by atoms with Crippen LogP contribution < -0.4 is 5.32 Å². The lowest BCUT2D eigenvalue weighted by Gasteiger charge is -2.37. The summed E-state index contributed by atoms with van der Waals surface area (Å²) >= 11 is 12.1. The van der Waals surface area contributed by atoms with Crippen LogP contribution in [-0.4, -0.2) is 6.04 Å². The van der Waals surface area contributed by atoms with E-state index in [1.165, 1.54) is 11.1 Å². The molecule has 2 aromatic rings. The van der Waals surface area contributed by atoms with Crippen molar-refractivity contribution in [3.8, 4) is 0 Å². The third-order valence-electron chi connectivity index (χ3n) is 3.99. The van der Waals surface area contributed by atoms with Crippen molar-refractivity contribution in [2.45, 2.75) is 31.3 Å². The Labute approximate surface area is 129 Å². The normalized spacial score (nSPS) is 21.5. The topological polar surface area (TPSA) is 12.0 Å². The molecule has 2 aromatic carbocycles. The minimum atomic E-state index is 0.590. The highest BCUT2D eigenvalue weighted by molar-refractivity contribution is 6.31. The van der Waals surface area contributed by atoms with E-state index in [1.807, 2.05) is 24.3 Å². The lowest BCUT2D eigenvalue weighted by molar-refractivity contribution is 0.289. The van der Waals surface area contributed by atoms with Crippen LogP contribution in [0.2, 0.25) is 10.0 Å². The van der Waals surface area contributed by atoms with E-state index in [0.717, 1.165) is 29.4 Å². The van der Waals surface area contributed by atoms with Crippen molar-refractivity contribution < 1.29 is 0 Å². The average molecular weight is 306 g/mol. The van der Waals surface area contributed by atoms with E-state index < -0.39 is 0 Å². The van der Waals surface area contributed by atoms with E-state index in [2.05, 4.69) is 29.6 Å². The largest absolute Gasteiger partial charge is 0.310 e. The van der Waals surface area contributed by atoms with Crippen LogP contribution in [0.25, 0.3) is 0 Å². The lowest BCUT2D eigenvalue weighted by atomic mass is 9.76. The molecule has 0 heterocycles. The van der Waals surface area contributed by atoms with Crippen LogP contribution in [0.15, 0.2) is 48.5 Å². The first-order chi connectivity index (χ1) is 9.72. The van der Waals surface area contributed by atoms with Gasteiger partial charge in [0.1, 0.15) is 0 Å². The molecule has 3 rings (SSSR count). The summed E-state index contributed by atoms with van der Waals surface area (Å²) in [6, 6.07) is 16.8. The highest BCUT2D eigenvalue weighted by atomic mass is 35.5. The first-order valence-electron chi connectivity index (χ1n) is 6.94. The molecule has 0 bridgehead atoms. The van der Waals surface area contributed by atoms with Gasteiger partial charge in [-0.25, -0.2) is 0 Å². The lowest BCUT2D eigenvalue weighted by Crippen LogP contribution is -2.39. The van der Waals surface area contributed by atoms with Crippen LogP contribution in [0.1, 0.15) is 29.9 Å². The number of halogens is 2. The number of hydrogen-bond donors (Lipinski definition) is 1. The van der Waals surface area contributed by atoms with Gasteiger partial charge >= 0.3 is 0 Å². The molecule has 1 fully saturated rings. The van der Waals surface area contributed by atoms with Crippen LogP contribution in [0.4, 0.5) is 0 Å². The van der Waals surface area contributed by atoms with Crippen LogP contribution >= 0.6 is 23.2 Å². The summed E-state index contributed by atoms with van der Waals surface area (Å²) in [6.07, 6.45) is 2.33. The zero-order chi connectivity index (χ0) is 13.9. The molecule has 0 spiro atoms. The van der Waals surface area contributed by atoms with Gasteiger partial charge in [-0.2, -0.15) is 0 Å². The van der Waals surface area contributed by atoms with Crippen molar-refractivity contribution in [2.75, 3.05) is 0 Å². The van der Waals surface area contributed by atoms with E-state index in [0.29, 0.717) is 12.0 Å². The summed E-state index contributed by atoms with van der Waals surface area (Å²) < 4.78 is 0. The second-order valence-corrected chi connectivity index (χ2v) is 6.24. The van der Waals surface area contributed by atoms with E-state index in [4.69, 9.17) is 23.2 Å². The molecule has 104 valence electrons. The molecule has 1 nitrogen and oxygen atoms in total. The van der Waals surface area contributed by atoms with Gasteiger partial charge in [-0.3, -0.25) is 0 Å². The Hall–Kier alpha value is -1.02. The average Bonchev–Trinajstić information content (AvgIpc) is 2.41. The Bertz CT molecular complexity index is 574. The van der Waals surface area contributed by atoms with Gasteiger partial charge in [-0.1, -0.05) is 53.5 Å². The van der Waals surface area contributed by atoms with Crippen LogP contribution in [0.5, 0.6) is 0 Å². The van der Waals surface area contributed by atoms with Gasteiger partial charge in [0.2, 0.25) is 0 Å². The smallest absolute Gasteiger partial charge is 0.0440 e. The molecule has 3 heteroatoms. The molecule has 20 heavy (non-hydrogen) atoms. The zero-order valence-corrected chi connectivity index (χ0v) is 12.7. The molecule has 1 aliphatic rings. The molecule has 1 saturated carbocycles. The highest BCUT2D eigenvalue weighted by Crippen LogP contribution is 2.39. The quantitative estimate of drug-likeness (QED) is 0.835. The Morgan fingerprint density at radius 2 is 1.65 bits per heavy atom. The molecular weight excluding hydrogens is 289 g/mol. The van der Waals surface area contributed by atoms with E-state index >= 15 is 0 Å². The molecule has 0 saturated heterocycles. The maximum absolute atomic E-state index is 6.23. The van der Waals surface area contributed by atoms with Gasteiger partial charge in [-0.15, -0.1) is 0 Å². The summed E-state index contributed by atoms with van der Waals surface area (Å²) in [4.78, 5) is 0. The number of hydrogen-bond acceptors (Lipinski definition) is 1. The minimum Gasteiger partial charge on any atom is -0.310 e. The summed E-state index contributed by atoms with van der Waals surface area (Å²) in [5, 5.41) is 5.27. The third kappa shape index (κ3) is 3.17.